The van der Waals surface area contributed by atoms with E-state index in [1.165, 1.54) is 19.3 Å². The molecule has 1 aliphatic rings. The van der Waals surface area contributed by atoms with Crippen molar-refractivity contribution >= 4 is 5.78 Å². The van der Waals surface area contributed by atoms with Gasteiger partial charge in [-0.3, -0.25) is 9.69 Å². The van der Waals surface area contributed by atoms with Gasteiger partial charge in [0.05, 0.1) is 6.54 Å². The van der Waals surface area contributed by atoms with Crippen molar-refractivity contribution in [2.45, 2.75) is 32.6 Å². The second kappa shape index (κ2) is 6.69. The molecule has 0 aliphatic carbocycles. The van der Waals surface area contributed by atoms with E-state index in [4.69, 9.17) is 0 Å². The first-order valence-electron chi connectivity index (χ1n) is 7.06. The highest BCUT2D eigenvalue weighted by Crippen LogP contribution is 2.18. The zero-order chi connectivity index (χ0) is 12.8. The standard InChI is InChI=1S/C16H23NO/c1-2-14-9-6-10-17(12-14)13-16(18)11-15-7-4-3-5-8-15/h3-5,7-8,14H,2,6,9-13H2,1H3. The first-order chi connectivity index (χ1) is 8.78. The van der Waals surface area contributed by atoms with Crippen molar-refractivity contribution in [3.63, 3.8) is 0 Å². The van der Waals surface area contributed by atoms with Gasteiger partial charge in [0.15, 0.2) is 5.78 Å². The van der Waals surface area contributed by atoms with Crippen LogP contribution < -0.4 is 0 Å². The van der Waals surface area contributed by atoms with Crippen molar-refractivity contribution in [2.24, 2.45) is 5.92 Å². The van der Waals surface area contributed by atoms with Gasteiger partial charge >= 0.3 is 0 Å². The molecule has 1 fully saturated rings. The van der Waals surface area contributed by atoms with Crippen LogP contribution in [0.2, 0.25) is 0 Å². The second-order valence-electron chi connectivity index (χ2n) is 5.35. The summed E-state index contributed by atoms with van der Waals surface area (Å²) in [6, 6.07) is 10.0. The molecular weight excluding hydrogens is 222 g/mol. The molecule has 1 aliphatic heterocycles. The normalized spacial score (nSPS) is 20.8. The smallest absolute Gasteiger partial charge is 0.151 e. The largest absolute Gasteiger partial charge is 0.298 e. The van der Waals surface area contributed by atoms with Crippen molar-refractivity contribution in [2.75, 3.05) is 19.6 Å². The lowest BCUT2D eigenvalue weighted by Crippen LogP contribution is -2.39. The Bertz CT molecular complexity index is 374. The molecule has 18 heavy (non-hydrogen) atoms. The third-order valence-corrected chi connectivity index (χ3v) is 3.82. The molecule has 1 aromatic rings. The van der Waals surface area contributed by atoms with Gasteiger partial charge in [-0.15, -0.1) is 0 Å². The Morgan fingerprint density at radius 1 is 1.33 bits per heavy atom. The highest BCUT2D eigenvalue weighted by Gasteiger charge is 2.20. The fraction of sp³-hybridized carbons (Fsp3) is 0.562. The highest BCUT2D eigenvalue weighted by atomic mass is 16.1. The Kier molecular flexibility index (Phi) is 4.94. The number of piperidine rings is 1. The number of likely N-dealkylation sites (tertiary alicyclic amines) is 1. The minimum atomic E-state index is 0.345. The maximum Gasteiger partial charge on any atom is 0.151 e. The van der Waals surface area contributed by atoms with Crippen molar-refractivity contribution in [1.82, 2.24) is 4.90 Å². The fourth-order valence-electron chi connectivity index (χ4n) is 2.76. The fourth-order valence-corrected chi connectivity index (χ4v) is 2.76. The molecule has 0 radical (unpaired) electrons. The average Bonchev–Trinajstić information content (AvgIpc) is 2.40. The van der Waals surface area contributed by atoms with E-state index in [-0.39, 0.29) is 0 Å². The summed E-state index contributed by atoms with van der Waals surface area (Å²) < 4.78 is 0. The Balaban J connectivity index is 1.80. The van der Waals surface area contributed by atoms with Crippen LogP contribution in [0.4, 0.5) is 0 Å². The zero-order valence-corrected chi connectivity index (χ0v) is 11.3. The highest BCUT2D eigenvalue weighted by molar-refractivity contribution is 5.82. The Morgan fingerprint density at radius 2 is 2.11 bits per heavy atom. The van der Waals surface area contributed by atoms with Crippen LogP contribution in [0.1, 0.15) is 31.7 Å². The van der Waals surface area contributed by atoms with Crippen LogP contribution in [-0.2, 0) is 11.2 Å². The molecule has 0 amide bonds. The zero-order valence-electron chi connectivity index (χ0n) is 11.3. The Morgan fingerprint density at radius 3 is 2.83 bits per heavy atom. The molecule has 98 valence electrons. The van der Waals surface area contributed by atoms with Crippen LogP contribution >= 0.6 is 0 Å². The summed E-state index contributed by atoms with van der Waals surface area (Å²) in [4.78, 5) is 14.4. The van der Waals surface area contributed by atoms with E-state index in [0.29, 0.717) is 18.7 Å². The summed E-state index contributed by atoms with van der Waals surface area (Å²) in [7, 11) is 0. The van der Waals surface area contributed by atoms with Gasteiger partial charge in [-0.05, 0) is 30.9 Å². The second-order valence-corrected chi connectivity index (χ2v) is 5.35. The molecule has 1 unspecified atom stereocenters. The van der Waals surface area contributed by atoms with Gasteiger partial charge < -0.3 is 0 Å². The van der Waals surface area contributed by atoms with Crippen molar-refractivity contribution in [3.05, 3.63) is 35.9 Å². The predicted octanol–water partition coefficient (Wildman–Crippen LogP) is 2.92. The maximum absolute atomic E-state index is 12.0. The molecular formula is C16H23NO. The van der Waals surface area contributed by atoms with Crippen molar-refractivity contribution < 1.29 is 4.79 Å². The quantitative estimate of drug-likeness (QED) is 0.795. The van der Waals surface area contributed by atoms with E-state index >= 15 is 0 Å². The van der Waals surface area contributed by atoms with Crippen LogP contribution in [0.25, 0.3) is 0 Å². The molecule has 2 nitrogen and oxygen atoms in total. The lowest BCUT2D eigenvalue weighted by atomic mass is 9.95. The number of Topliss-reactive ketones (excluding diaryl/α,β-unsaturated/α-hetero) is 1. The summed E-state index contributed by atoms with van der Waals surface area (Å²) in [5, 5.41) is 0. The molecule has 0 aromatic heterocycles. The SMILES string of the molecule is CCC1CCCN(CC(=O)Cc2ccccc2)C1. The van der Waals surface area contributed by atoms with Gasteiger partial charge in [0.1, 0.15) is 0 Å². The molecule has 1 saturated heterocycles. The summed E-state index contributed by atoms with van der Waals surface area (Å²) in [6.45, 7) is 5.08. The van der Waals surface area contributed by atoms with Crippen LogP contribution in [0.3, 0.4) is 0 Å². The third-order valence-electron chi connectivity index (χ3n) is 3.82. The van der Waals surface area contributed by atoms with Gasteiger partial charge in [-0.25, -0.2) is 0 Å². The number of nitrogens with zero attached hydrogens (tertiary/aromatic N) is 1. The molecule has 0 N–H and O–H groups in total. The van der Waals surface area contributed by atoms with E-state index in [2.05, 4.69) is 11.8 Å². The van der Waals surface area contributed by atoms with Gasteiger partial charge in [0.2, 0.25) is 0 Å². The third kappa shape index (κ3) is 3.95. The summed E-state index contributed by atoms with van der Waals surface area (Å²) >= 11 is 0. The predicted molar refractivity (Wildman–Crippen MR) is 74.6 cm³/mol. The van der Waals surface area contributed by atoms with E-state index in [9.17, 15) is 4.79 Å². The minimum absolute atomic E-state index is 0.345. The van der Waals surface area contributed by atoms with Gasteiger partial charge in [0, 0.05) is 13.0 Å². The summed E-state index contributed by atoms with van der Waals surface area (Å²) in [6.07, 6.45) is 4.40. The molecule has 1 atom stereocenters. The Hall–Kier alpha value is -1.15. The van der Waals surface area contributed by atoms with Crippen LogP contribution in [0.5, 0.6) is 0 Å². The molecule has 0 spiro atoms. The van der Waals surface area contributed by atoms with Gasteiger partial charge in [-0.2, -0.15) is 0 Å². The number of ketones is 1. The molecule has 1 heterocycles. The topological polar surface area (TPSA) is 20.3 Å². The van der Waals surface area contributed by atoms with Crippen molar-refractivity contribution in [3.8, 4) is 0 Å². The number of carbonyl (C=O) groups excluding carboxylic acids is 1. The summed E-state index contributed by atoms with van der Waals surface area (Å²) in [5.41, 5.74) is 1.13. The number of hydrogen-bond acceptors (Lipinski definition) is 2. The maximum atomic E-state index is 12.0. The first kappa shape index (κ1) is 13.3. The summed E-state index contributed by atoms with van der Waals surface area (Å²) in [5.74, 6) is 1.14. The monoisotopic (exact) mass is 245 g/mol. The first-order valence-corrected chi connectivity index (χ1v) is 7.06. The molecule has 1 aromatic carbocycles. The van der Waals surface area contributed by atoms with E-state index in [1.54, 1.807) is 0 Å². The number of rotatable bonds is 5. The minimum Gasteiger partial charge on any atom is -0.298 e. The van der Waals surface area contributed by atoms with Gasteiger partial charge in [0.25, 0.3) is 0 Å². The van der Waals surface area contributed by atoms with Gasteiger partial charge in [-0.1, -0.05) is 43.7 Å². The molecule has 0 bridgehead atoms. The van der Waals surface area contributed by atoms with E-state index in [0.717, 1.165) is 24.6 Å². The van der Waals surface area contributed by atoms with Crippen LogP contribution in [0.15, 0.2) is 30.3 Å². The molecule has 2 heteroatoms. The Labute approximate surface area is 110 Å². The van der Waals surface area contributed by atoms with Crippen LogP contribution in [0, 0.1) is 5.92 Å². The van der Waals surface area contributed by atoms with Crippen molar-refractivity contribution in [1.29, 1.82) is 0 Å². The number of carbonyl (C=O) groups is 1. The number of benzene rings is 1. The lowest BCUT2D eigenvalue weighted by Gasteiger charge is -2.31. The number of hydrogen-bond donors (Lipinski definition) is 0. The van der Waals surface area contributed by atoms with E-state index in [1.807, 2.05) is 30.3 Å². The average molecular weight is 245 g/mol. The van der Waals surface area contributed by atoms with Crippen LogP contribution in [-0.4, -0.2) is 30.3 Å². The molecule has 2 rings (SSSR count). The van der Waals surface area contributed by atoms with E-state index < -0.39 is 0 Å². The molecule has 0 saturated carbocycles. The lowest BCUT2D eigenvalue weighted by molar-refractivity contribution is -0.120.